The molecule has 2 N–H and O–H groups in total. The van der Waals surface area contributed by atoms with Gasteiger partial charge in [0.15, 0.2) is 0 Å². The minimum absolute atomic E-state index is 0.169. The highest BCUT2D eigenvalue weighted by Gasteiger charge is 2.28. The second-order valence-corrected chi connectivity index (χ2v) is 7.30. The van der Waals surface area contributed by atoms with Crippen LogP contribution in [0.25, 0.3) is 0 Å². The first-order valence-corrected chi connectivity index (χ1v) is 9.12. The van der Waals surface area contributed by atoms with Crippen LogP contribution >= 0.6 is 11.3 Å². The van der Waals surface area contributed by atoms with Crippen LogP contribution in [-0.2, 0) is 6.54 Å². The minimum atomic E-state index is -0.169. The molecule has 0 aliphatic carbocycles. The topological polar surface area (TPSA) is 42.1 Å². The van der Waals surface area contributed by atoms with Gasteiger partial charge in [0.1, 0.15) is 5.82 Å². The molecule has 0 radical (unpaired) electrons. The molecule has 1 aliphatic rings. The summed E-state index contributed by atoms with van der Waals surface area (Å²) in [4.78, 5) is 7.09. The first-order valence-electron chi connectivity index (χ1n) is 8.24. The molecule has 0 amide bonds. The smallest absolute Gasteiger partial charge is 0.123 e. The van der Waals surface area contributed by atoms with E-state index in [1.54, 1.807) is 11.3 Å². The summed E-state index contributed by atoms with van der Waals surface area (Å²) in [5.41, 5.74) is 8.31. The number of aryl methyl sites for hydroxylation is 1. The number of thiazole rings is 1. The van der Waals surface area contributed by atoms with E-state index in [9.17, 15) is 4.39 Å². The molecule has 2 heterocycles. The second-order valence-electron chi connectivity index (χ2n) is 6.41. The second kappa shape index (κ2) is 7.51. The van der Waals surface area contributed by atoms with Gasteiger partial charge in [0.25, 0.3) is 0 Å². The number of likely N-dealkylation sites (tertiary alicyclic amines) is 1. The summed E-state index contributed by atoms with van der Waals surface area (Å²) in [6.07, 6.45) is 2.31. The molecule has 0 spiro atoms. The van der Waals surface area contributed by atoms with Crippen molar-refractivity contribution >= 4 is 11.3 Å². The van der Waals surface area contributed by atoms with Crippen molar-refractivity contribution in [2.24, 2.45) is 11.7 Å². The largest absolute Gasteiger partial charge is 0.330 e. The van der Waals surface area contributed by atoms with Crippen LogP contribution in [0.5, 0.6) is 0 Å². The molecule has 1 unspecified atom stereocenters. The monoisotopic (exact) mass is 333 g/mol. The third kappa shape index (κ3) is 4.16. The number of nitrogens with two attached hydrogens (primary N) is 1. The summed E-state index contributed by atoms with van der Waals surface area (Å²) in [6, 6.07) is 6.83. The lowest BCUT2D eigenvalue weighted by Gasteiger charge is -2.35. The lowest BCUT2D eigenvalue weighted by molar-refractivity contribution is 0.162. The van der Waals surface area contributed by atoms with Crippen LogP contribution < -0.4 is 5.73 Å². The molecule has 0 saturated carbocycles. The van der Waals surface area contributed by atoms with Gasteiger partial charge in [-0.25, -0.2) is 9.37 Å². The molecule has 1 atom stereocenters. The van der Waals surface area contributed by atoms with E-state index in [0.717, 1.165) is 38.2 Å². The molecule has 1 aromatic carbocycles. The molecule has 3 nitrogen and oxygen atoms in total. The van der Waals surface area contributed by atoms with Gasteiger partial charge in [-0.1, -0.05) is 12.1 Å². The summed E-state index contributed by atoms with van der Waals surface area (Å²) in [6.45, 7) is 5.76. The lowest BCUT2D eigenvalue weighted by atomic mass is 9.84. The van der Waals surface area contributed by atoms with Gasteiger partial charge in [0, 0.05) is 30.1 Å². The van der Waals surface area contributed by atoms with Crippen LogP contribution in [-0.4, -0.2) is 29.5 Å². The van der Waals surface area contributed by atoms with Gasteiger partial charge in [-0.3, -0.25) is 4.90 Å². The number of nitrogens with zero attached hydrogens (tertiary/aromatic N) is 2. The van der Waals surface area contributed by atoms with E-state index in [-0.39, 0.29) is 5.82 Å². The summed E-state index contributed by atoms with van der Waals surface area (Å²) in [5, 5.41) is 3.31. The van der Waals surface area contributed by atoms with Crippen molar-refractivity contribution < 1.29 is 4.39 Å². The Bertz CT molecular complexity index is 617. The first-order chi connectivity index (χ1) is 11.2. The lowest BCUT2D eigenvalue weighted by Crippen LogP contribution is -2.36. The van der Waals surface area contributed by atoms with Crippen LogP contribution in [0.2, 0.25) is 0 Å². The van der Waals surface area contributed by atoms with Crippen molar-refractivity contribution in [1.82, 2.24) is 9.88 Å². The third-order valence-corrected chi connectivity index (χ3v) is 5.82. The Labute approximate surface area is 141 Å². The molecule has 1 fully saturated rings. The molecule has 23 heavy (non-hydrogen) atoms. The predicted octanol–water partition coefficient (Wildman–Crippen LogP) is 3.55. The fraction of sp³-hybridized carbons (Fsp3) is 0.500. The van der Waals surface area contributed by atoms with E-state index in [1.807, 2.05) is 19.1 Å². The quantitative estimate of drug-likeness (QED) is 0.910. The summed E-state index contributed by atoms with van der Waals surface area (Å²) in [7, 11) is 0. The Balaban J connectivity index is 1.56. The number of halogens is 1. The fourth-order valence-electron chi connectivity index (χ4n) is 3.40. The van der Waals surface area contributed by atoms with Crippen molar-refractivity contribution in [3.63, 3.8) is 0 Å². The predicted molar refractivity (Wildman–Crippen MR) is 93.0 cm³/mol. The molecule has 1 aliphatic heterocycles. The summed E-state index contributed by atoms with van der Waals surface area (Å²) in [5.74, 6) is 0.841. The number of aromatic nitrogens is 1. The SMILES string of the molecule is Cc1csc(C(CN)C2CCN(Cc3ccc(F)cc3)CC2)n1. The Morgan fingerprint density at radius 2 is 2.00 bits per heavy atom. The van der Waals surface area contributed by atoms with Crippen molar-refractivity contribution in [3.05, 3.63) is 51.7 Å². The highest BCUT2D eigenvalue weighted by Crippen LogP contribution is 2.33. The Morgan fingerprint density at radius 3 is 2.57 bits per heavy atom. The molecule has 2 aromatic rings. The number of rotatable bonds is 5. The van der Waals surface area contributed by atoms with E-state index >= 15 is 0 Å². The summed E-state index contributed by atoms with van der Waals surface area (Å²) < 4.78 is 13.0. The highest BCUT2D eigenvalue weighted by molar-refractivity contribution is 7.09. The normalized spacial score (nSPS) is 18.2. The van der Waals surface area contributed by atoms with Crippen LogP contribution in [0, 0.1) is 18.7 Å². The Morgan fingerprint density at radius 1 is 1.30 bits per heavy atom. The molecular formula is C18H24FN3S. The molecule has 124 valence electrons. The zero-order chi connectivity index (χ0) is 16.2. The highest BCUT2D eigenvalue weighted by atomic mass is 32.1. The first kappa shape index (κ1) is 16.6. The molecular weight excluding hydrogens is 309 g/mol. The maximum atomic E-state index is 13.0. The Kier molecular flexibility index (Phi) is 5.41. The molecule has 1 aromatic heterocycles. The van der Waals surface area contributed by atoms with Gasteiger partial charge < -0.3 is 5.73 Å². The number of hydrogen-bond donors (Lipinski definition) is 1. The van der Waals surface area contributed by atoms with E-state index in [2.05, 4.69) is 15.3 Å². The fourth-order valence-corrected chi connectivity index (χ4v) is 4.40. The van der Waals surface area contributed by atoms with Gasteiger partial charge >= 0.3 is 0 Å². The van der Waals surface area contributed by atoms with Crippen molar-refractivity contribution in [1.29, 1.82) is 0 Å². The van der Waals surface area contributed by atoms with Crippen molar-refractivity contribution in [3.8, 4) is 0 Å². The van der Waals surface area contributed by atoms with Crippen LogP contribution in [0.4, 0.5) is 4.39 Å². The maximum absolute atomic E-state index is 13.0. The molecule has 5 heteroatoms. The van der Waals surface area contributed by atoms with E-state index in [0.29, 0.717) is 18.4 Å². The maximum Gasteiger partial charge on any atom is 0.123 e. The van der Waals surface area contributed by atoms with Gasteiger partial charge in [-0.2, -0.15) is 0 Å². The van der Waals surface area contributed by atoms with Crippen molar-refractivity contribution in [2.45, 2.75) is 32.2 Å². The number of piperidine rings is 1. The van der Waals surface area contributed by atoms with Gasteiger partial charge in [0.2, 0.25) is 0 Å². The van der Waals surface area contributed by atoms with Gasteiger partial charge in [0.05, 0.1) is 5.01 Å². The Hall–Kier alpha value is -1.30. The summed E-state index contributed by atoms with van der Waals surface area (Å²) >= 11 is 1.74. The van der Waals surface area contributed by atoms with E-state index in [4.69, 9.17) is 5.73 Å². The van der Waals surface area contributed by atoms with Crippen LogP contribution in [0.15, 0.2) is 29.6 Å². The third-order valence-electron chi connectivity index (χ3n) is 4.73. The van der Waals surface area contributed by atoms with E-state index in [1.165, 1.54) is 22.7 Å². The van der Waals surface area contributed by atoms with Crippen LogP contribution in [0.3, 0.4) is 0 Å². The molecule has 0 bridgehead atoms. The zero-order valence-electron chi connectivity index (χ0n) is 13.5. The minimum Gasteiger partial charge on any atom is -0.330 e. The number of hydrogen-bond acceptors (Lipinski definition) is 4. The molecule has 3 rings (SSSR count). The standard InChI is InChI=1S/C18H24FN3S/c1-13-12-23-18(21-13)17(10-20)15-6-8-22(9-7-15)11-14-2-4-16(19)5-3-14/h2-5,12,15,17H,6-11,20H2,1H3. The molecule has 1 saturated heterocycles. The van der Waals surface area contributed by atoms with Crippen molar-refractivity contribution in [2.75, 3.05) is 19.6 Å². The number of benzene rings is 1. The average molecular weight is 333 g/mol. The zero-order valence-corrected chi connectivity index (χ0v) is 14.4. The van der Waals surface area contributed by atoms with E-state index < -0.39 is 0 Å². The average Bonchev–Trinajstić information content (AvgIpc) is 2.98. The van der Waals surface area contributed by atoms with Gasteiger partial charge in [-0.05, 0) is 56.5 Å². The van der Waals surface area contributed by atoms with Gasteiger partial charge in [-0.15, -0.1) is 11.3 Å². The van der Waals surface area contributed by atoms with Crippen LogP contribution in [0.1, 0.15) is 35.0 Å².